The Balaban J connectivity index is 1.66. The summed E-state index contributed by atoms with van der Waals surface area (Å²) >= 11 is 1.47. The van der Waals surface area contributed by atoms with Gasteiger partial charge in [0.2, 0.25) is 0 Å². The van der Waals surface area contributed by atoms with Crippen molar-refractivity contribution in [2.75, 3.05) is 5.75 Å². The van der Waals surface area contributed by atoms with Gasteiger partial charge in [-0.25, -0.2) is 0 Å². The average Bonchev–Trinajstić information content (AvgIpc) is 2.89. The number of benzene rings is 1. The van der Waals surface area contributed by atoms with E-state index < -0.39 is 23.4 Å². The van der Waals surface area contributed by atoms with Crippen molar-refractivity contribution in [2.24, 2.45) is 33.3 Å². The van der Waals surface area contributed by atoms with Crippen LogP contribution in [0.25, 0.3) is 0 Å². The third-order valence-corrected chi connectivity index (χ3v) is 13.6. The standard InChI is InChI=1S/C32H45NO6S/c1-17-24-18(13-20(34)25(17)35)30(4)10-12-32(6)23-15-29(3,27(38)39)8-7-28(23,2)9-11-31(32,5)22(30)14-21(24)40-16-19(33)26(36)37/h13-14,19,21,23,34-35H,7-12,15-16,33H2,1-6H3,(H,36,37)(H,38,39). The van der Waals surface area contributed by atoms with E-state index in [1.807, 2.05) is 13.8 Å². The predicted octanol–water partition coefficient (Wildman–Crippen LogP) is 6.29. The first kappa shape index (κ1) is 29.3. The second-order valence-corrected chi connectivity index (χ2v) is 15.6. The van der Waals surface area contributed by atoms with E-state index in [-0.39, 0.29) is 50.1 Å². The molecule has 0 aromatic heterocycles. The topological polar surface area (TPSA) is 141 Å². The Morgan fingerprint density at radius 1 is 1.02 bits per heavy atom. The van der Waals surface area contributed by atoms with Crippen LogP contribution in [0.1, 0.15) is 102 Å². The Bertz CT molecular complexity index is 1310. The molecule has 0 saturated heterocycles. The summed E-state index contributed by atoms with van der Waals surface area (Å²) in [4.78, 5) is 24.0. The molecule has 4 aliphatic rings. The fraction of sp³-hybridized carbons (Fsp3) is 0.688. The van der Waals surface area contributed by atoms with Crippen LogP contribution in [0.2, 0.25) is 0 Å². The Labute approximate surface area is 241 Å². The normalized spacial score (nSPS) is 41.0. The molecule has 40 heavy (non-hydrogen) atoms. The van der Waals surface area contributed by atoms with Gasteiger partial charge in [-0.05, 0) is 104 Å². The first-order valence-corrected chi connectivity index (χ1v) is 15.6. The van der Waals surface area contributed by atoms with E-state index in [0.29, 0.717) is 18.4 Å². The molecule has 0 heterocycles. The Kier molecular flexibility index (Phi) is 6.71. The van der Waals surface area contributed by atoms with Gasteiger partial charge in [0.25, 0.3) is 0 Å². The predicted molar refractivity (Wildman–Crippen MR) is 157 cm³/mol. The molecular formula is C32H45NO6S. The van der Waals surface area contributed by atoms with Crippen molar-refractivity contribution in [3.63, 3.8) is 0 Å². The molecular weight excluding hydrogens is 526 g/mol. The number of carboxylic acid groups (broad SMARTS) is 2. The van der Waals surface area contributed by atoms with Crippen molar-refractivity contribution < 1.29 is 30.0 Å². The number of hydrogen-bond acceptors (Lipinski definition) is 6. The van der Waals surface area contributed by atoms with E-state index in [4.69, 9.17) is 5.73 Å². The molecule has 6 N–H and O–H groups in total. The largest absolute Gasteiger partial charge is 0.504 e. The summed E-state index contributed by atoms with van der Waals surface area (Å²) in [6.07, 6.45) is 8.42. The Hall–Kier alpha value is -2.19. The molecule has 0 bridgehead atoms. The fourth-order valence-corrected chi connectivity index (χ4v) is 10.6. The summed E-state index contributed by atoms with van der Waals surface area (Å²) in [7, 11) is 0. The van der Waals surface area contributed by atoms with Gasteiger partial charge in [-0.3, -0.25) is 9.59 Å². The number of nitrogens with two attached hydrogens (primary N) is 1. The van der Waals surface area contributed by atoms with E-state index >= 15 is 0 Å². The maximum absolute atomic E-state index is 12.4. The van der Waals surface area contributed by atoms with E-state index in [2.05, 4.69) is 33.8 Å². The van der Waals surface area contributed by atoms with Gasteiger partial charge in [-0.2, -0.15) is 0 Å². The van der Waals surface area contributed by atoms with Gasteiger partial charge in [0.1, 0.15) is 6.04 Å². The SMILES string of the molecule is Cc1c(O)c(O)cc2c1C(SCC(N)C(=O)O)C=C1C2(C)CCC2(C)C3CC(C)(C(=O)O)CCC3(C)CCC12C. The summed E-state index contributed by atoms with van der Waals surface area (Å²) in [5.41, 5.74) is 8.42. The lowest BCUT2D eigenvalue weighted by molar-refractivity contribution is -0.177. The molecule has 8 unspecified atom stereocenters. The molecule has 1 aromatic carbocycles. The average molecular weight is 572 g/mol. The van der Waals surface area contributed by atoms with Crippen LogP contribution in [0, 0.1) is 34.5 Å². The number of hydrogen-bond donors (Lipinski definition) is 5. The lowest BCUT2D eigenvalue weighted by Crippen LogP contribution is -2.62. The lowest BCUT2D eigenvalue weighted by Gasteiger charge is -2.70. The summed E-state index contributed by atoms with van der Waals surface area (Å²) in [5.74, 6) is -1.55. The Morgan fingerprint density at radius 3 is 2.30 bits per heavy atom. The first-order chi connectivity index (χ1) is 18.4. The number of aliphatic carboxylic acids is 2. The number of phenols is 2. The van der Waals surface area contributed by atoms with Gasteiger partial charge in [0.15, 0.2) is 11.5 Å². The number of phenolic OH excluding ortho intramolecular Hbond substituents is 2. The van der Waals surface area contributed by atoms with Crippen molar-refractivity contribution in [3.8, 4) is 11.5 Å². The van der Waals surface area contributed by atoms with Crippen LogP contribution in [0.3, 0.4) is 0 Å². The quantitative estimate of drug-likeness (QED) is 0.205. The summed E-state index contributed by atoms with van der Waals surface area (Å²) in [6, 6.07) is 0.709. The van der Waals surface area contributed by atoms with E-state index in [0.717, 1.165) is 43.2 Å². The van der Waals surface area contributed by atoms with Crippen LogP contribution in [0.5, 0.6) is 11.5 Å². The first-order valence-electron chi connectivity index (χ1n) is 14.6. The minimum Gasteiger partial charge on any atom is -0.504 e. The fourth-order valence-electron chi connectivity index (χ4n) is 9.29. The van der Waals surface area contributed by atoms with Gasteiger partial charge in [-0.1, -0.05) is 39.3 Å². The van der Waals surface area contributed by atoms with Crippen LogP contribution in [-0.2, 0) is 15.0 Å². The lowest BCUT2D eigenvalue weighted by atomic mass is 9.34. The maximum atomic E-state index is 12.4. The molecule has 3 saturated carbocycles. The van der Waals surface area contributed by atoms with Gasteiger partial charge >= 0.3 is 11.9 Å². The molecule has 4 aliphatic carbocycles. The second kappa shape index (κ2) is 9.15. The molecule has 8 atom stereocenters. The van der Waals surface area contributed by atoms with Gasteiger partial charge in [0, 0.05) is 16.4 Å². The van der Waals surface area contributed by atoms with Crippen molar-refractivity contribution >= 4 is 23.7 Å². The molecule has 0 amide bonds. The molecule has 7 nitrogen and oxygen atoms in total. The zero-order valence-electron chi connectivity index (χ0n) is 24.6. The maximum Gasteiger partial charge on any atom is 0.321 e. The number of thioether (sulfide) groups is 1. The monoisotopic (exact) mass is 571 g/mol. The highest BCUT2D eigenvalue weighted by molar-refractivity contribution is 7.99. The zero-order chi connectivity index (χ0) is 29.6. The van der Waals surface area contributed by atoms with Crippen molar-refractivity contribution in [1.82, 2.24) is 0 Å². The highest BCUT2D eigenvalue weighted by Crippen LogP contribution is 2.75. The molecule has 0 spiro atoms. The highest BCUT2D eigenvalue weighted by atomic mass is 32.2. The third kappa shape index (κ3) is 3.88. The molecule has 8 heteroatoms. The molecule has 3 fully saturated rings. The highest BCUT2D eigenvalue weighted by Gasteiger charge is 2.67. The van der Waals surface area contributed by atoms with Gasteiger partial charge in [-0.15, -0.1) is 11.8 Å². The van der Waals surface area contributed by atoms with Gasteiger partial charge in [0.05, 0.1) is 5.41 Å². The van der Waals surface area contributed by atoms with E-state index in [1.165, 1.54) is 17.3 Å². The van der Waals surface area contributed by atoms with Crippen LogP contribution in [0.4, 0.5) is 0 Å². The van der Waals surface area contributed by atoms with Crippen molar-refractivity contribution in [2.45, 2.75) is 103 Å². The molecule has 5 rings (SSSR count). The minimum atomic E-state index is -1.05. The molecule has 220 valence electrons. The summed E-state index contributed by atoms with van der Waals surface area (Å²) in [5, 5.41) is 40.9. The smallest absolute Gasteiger partial charge is 0.321 e. The number of carboxylic acids is 2. The molecule has 1 aromatic rings. The second-order valence-electron chi connectivity index (χ2n) is 14.5. The van der Waals surface area contributed by atoms with Crippen LogP contribution < -0.4 is 5.73 Å². The molecule has 0 radical (unpaired) electrons. The van der Waals surface area contributed by atoms with Crippen LogP contribution in [-0.4, -0.2) is 44.2 Å². The van der Waals surface area contributed by atoms with Crippen LogP contribution >= 0.6 is 11.8 Å². The number of aromatic hydroxyl groups is 2. The van der Waals surface area contributed by atoms with Crippen molar-refractivity contribution in [3.05, 3.63) is 34.4 Å². The zero-order valence-corrected chi connectivity index (χ0v) is 25.5. The number of carbonyl (C=O) groups is 2. The van der Waals surface area contributed by atoms with Crippen molar-refractivity contribution in [1.29, 1.82) is 0 Å². The van der Waals surface area contributed by atoms with Crippen LogP contribution in [0.15, 0.2) is 17.7 Å². The number of rotatable bonds is 5. The number of fused-ring (bicyclic) bond motifs is 7. The molecule has 0 aliphatic heterocycles. The summed E-state index contributed by atoms with van der Waals surface area (Å²) < 4.78 is 0. The van der Waals surface area contributed by atoms with E-state index in [1.54, 1.807) is 6.07 Å². The number of allylic oxidation sites excluding steroid dienone is 1. The summed E-state index contributed by atoms with van der Waals surface area (Å²) in [6.45, 7) is 13.1. The van der Waals surface area contributed by atoms with Gasteiger partial charge < -0.3 is 26.2 Å². The Morgan fingerprint density at radius 2 is 1.68 bits per heavy atom. The minimum absolute atomic E-state index is 0.0904. The van der Waals surface area contributed by atoms with E-state index in [9.17, 15) is 30.0 Å². The third-order valence-electron chi connectivity index (χ3n) is 12.4.